The number of alkyl halides is 2. The Labute approximate surface area is 166 Å². The smallest absolute Gasteiger partial charge is 0.260 e. The Morgan fingerprint density at radius 3 is 2.45 bits per heavy atom. The first kappa shape index (κ1) is 18.4. The van der Waals surface area contributed by atoms with Gasteiger partial charge in [0.15, 0.2) is 5.65 Å². The number of fused-ring (bicyclic) bond motifs is 1. The first-order valence-electron chi connectivity index (χ1n) is 10.3. The molecule has 29 heavy (non-hydrogen) atoms. The highest BCUT2D eigenvalue weighted by molar-refractivity contribution is 5.92. The molecule has 1 atom stereocenters. The molecule has 2 aromatic heterocycles. The number of halogens is 2. The highest BCUT2D eigenvalue weighted by Crippen LogP contribution is 2.48. The number of hydrogen-bond donors (Lipinski definition) is 2. The minimum Gasteiger partial charge on any atom is -0.353 e. The van der Waals surface area contributed by atoms with Crippen molar-refractivity contribution in [3.05, 3.63) is 23.9 Å². The van der Waals surface area contributed by atoms with Gasteiger partial charge in [-0.2, -0.15) is 4.98 Å². The molecule has 9 heteroatoms. The molecule has 2 amide bonds. The zero-order chi connectivity index (χ0) is 20.2. The van der Waals surface area contributed by atoms with Crippen molar-refractivity contribution in [3.63, 3.8) is 0 Å². The molecule has 7 nitrogen and oxygen atoms in total. The molecule has 0 aromatic carbocycles. The van der Waals surface area contributed by atoms with Crippen LogP contribution in [0.1, 0.15) is 56.6 Å². The van der Waals surface area contributed by atoms with Gasteiger partial charge in [-0.15, -0.1) is 5.10 Å². The topological polar surface area (TPSA) is 88.4 Å². The first-order valence-corrected chi connectivity index (χ1v) is 10.3. The van der Waals surface area contributed by atoms with Crippen molar-refractivity contribution < 1.29 is 18.4 Å². The molecule has 0 unspecified atom stereocenters. The Bertz CT molecular complexity index is 963. The fourth-order valence-corrected chi connectivity index (χ4v) is 4.18. The summed E-state index contributed by atoms with van der Waals surface area (Å²) in [6, 6.07) is 5.72. The second-order valence-electron chi connectivity index (χ2n) is 8.49. The average molecular weight is 403 g/mol. The quantitative estimate of drug-likeness (QED) is 0.804. The van der Waals surface area contributed by atoms with Crippen LogP contribution in [-0.4, -0.2) is 38.4 Å². The molecule has 5 rings (SSSR count). The van der Waals surface area contributed by atoms with E-state index in [4.69, 9.17) is 0 Å². The molecule has 0 saturated heterocycles. The van der Waals surface area contributed by atoms with E-state index in [1.165, 1.54) is 0 Å². The molecule has 3 aliphatic rings. The van der Waals surface area contributed by atoms with Crippen LogP contribution >= 0.6 is 0 Å². The van der Waals surface area contributed by atoms with E-state index in [0.717, 1.165) is 44.2 Å². The van der Waals surface area contributed by atoms with Crippen LogP contribution in [0, 0.1) is 11.8 Å². The molecule has 0 aliphatic heterocycles. The Morgan fingerprint density at radius 1 is 1.07 bits per heavy atom. The number of nitrogens with zero attached hydrogens (tertiary/aromatic N) is 3. The van der Waals surface area contributed by atoms with E-state index in [1.54, 1.807) is 4.52 Å². The second-order valence-corrected chi connectivity index (χ2v) is 8.49. The number of rotatable bonds is 5. The van der Waals surface area contributed by atoms with Crippen LogP contribution in [0.5, 0.6) is 0 Å². The van der Waals surface area contributed by atoms with Crippen molar-refractivity contribution in [1.82, 2.24) is 19.9 Å². The Kier molecular flexibility index (Phi) is 4.29. The Balaban J connectivity index is 1.24. The zero-order valence-corrected chi connectivity index (χ0v) is 15.9. The number of aromatic nitrogens is 3. The predicted molar refractivity (Wildman–Crippen MR) is 101 cm³/mol. The van der Waals surface area contributed by atoms with Gasteiger partial charge >= 0.3 is 0 Å². The summed E-state index contributed by atoms with van der Waals surface area (Å²) >= 11 is 0. The van der Waals surface area contributed by atoms with Crippen LogP contribution in [0.15, 0.2) is 18.2 Å². The molecule has 3 saturated carbocycles. The number of carbonyl (C=O) groups excluding carboxylic acids is 2. The maximum absolute atomic E-state index is 13.1. The maximum atomic E-state index is 13.1. The molecular formula is C20H23F2N5O2. The van der Waals surface area contributed by atoms with Gasteiger partial charge in [0.25, 0.3) is 5.92 Å². The minimum atomic E-state index is -2.82. The fourth-order valence-electron chi connectivity index (χ4n) is 4.18. The third kappa shape index (κ3) is 3.70. The van der Waals surface area contributed by atoms with Gasteiger partial charge in [0, 0.05) is 30.0 Å². The van der Waals surface area contributed by atoms with Crippen molar-refractivity contribution in [2.75, 3.05) is 5.32 Å². The van der Waals surface area contributed by atoms with Gasteiger partial charge in [0.05, 0.1) is 0 Å². The number of amides is 2. The maximum Gasteiger partial charge on any atom is 0.260 e. The van der Waals surface area contributed by atoms with Crippen molar-refractivity contribution in [3.8, 4) is 0 Å². The molecule has 154 valence electrons. The lowest BCUT2D eigenvalue weighted by atomic mass is 9.83. The lowest BCUT2D eigenvalue weighted by Gasteiger charge is -2.29. The van der Waals surface area contributed by atoms with E-state index in [9.17, 15) is 18.4 Å². The Morgan fingerprint density at radius 2 is 1.79 bits per heavy atom. The van der Waals surface area contributed by atoms with Gasteiger partial charge in [0.1, 0.15) is 5.92 Å². The molecule has 2 aromatic rings. The van der Waals surface area contributed by atoms with E-state index >= 15 is 0 Å². The minimum absolute atomic E-state index is 0.0278. The highest BCUT2D eigenvalue weighted by Gasteiger charge is 2.61. The normalized spacial score (nSPS) is 28.1. The third-order valence-corrected chi connectivity index (χ3v) is 6.21. The van der Waals surface area contributed by atoms with Crippen molar-refractivity contribution in [2.24, 2.45) is 11.8 Å². The number of hydrogen-bond acceptors (Lipinski definition) is 4. The summed E-state index contributed by atoms with van der Waals surface area (Å²) in [6.07, 6.45) is 4.65. The van der Waals surface area contributed by atoms with Gasteiger partial charge in [0.2, 0.25) is 17.8 Å². The SMILES string of the molecule is O=C(Nc1nc2cccc(C3CCC(NC(=O)[C@H]4CC4(F)F)CC3)n2n1)C1CC1. The average Bonchev–Trinajstić information content (AvgIpc) is 3.59. The lowest BCUT2D eigenvalue weighted by molar-refractivity contribution is -0.125. The van der Waals surface area contributed by atoms with E-state index in [2.05, 4.69) is 20.7 Å². The molecule has 0 spiro atoms. The van der Waals surface area contributed by atoms with Gasteiger partial charge in [-0.1, -0.05) is 6.07 Å². The van der Waals surface area contributed by atoms with Crippen LogP contribution in [0.25, 0.3) is 5.65 Å². The number of carbonyl (C=O) groups is 2. The summed E-state index contributed by atoms with van der Waals surface area (Å²) in [5.41, 5.74) is 1.69. The second kappa shape index (κ2) is 6.74. The molecular weight excluding hydrogens is 380 g/mol. The zero-order valence-electron chi connectivity index (χ0n) is 15.9. The largest absolute Gasteiger partial charge is 0.353 e. The summed E-state index contributed by atoms with van der Waals surface area (Å²) in [5.74, 6) is -3.87. The molecule has 2 N–H and O–H groups in total. The molecule has 3 fully saturated rings. The summed E-state index contributed by atoms with van der Waals surface area (Å²) in [4.78, 5) is 28.3. The van der Waals surface area contributed by atoms with Gasteiger partial charge in [-0.05, 0) is 50.7 Å². The van der Waals surface area contributed by atoms with Crippen molar-refractivity contribution in [1.29, 1.82) is 0 Å². The molecule has 2 heterocycles. The van der Waals surface area contributed by atoms with E-state index in [1.807, 2.05) is 18.2 Å². The van der Waals surface area contributed by atoms with Gasteiger partial charge in [-0.25, -0.2) is 13.3 Å². The molecule has 3 aliphatic carbocycles. The summed E-state index contributed by atoms with van der Waals surface area (Å²) < 4.78 is 27.9. The van der Waals surface area contributed by atoms with Gasteiger partial charge in [-0.3, -0.25) is 14.9 Å². The molecule has 0 radical (unpaired) electrons. The molecule has 0 bridgehead atoms. The van der Waals surface area contributed by atoms with Crippen LogP contribution in [0.2, 0.25) is 0 Å². The fraction of sp³-hybridized carbons (Fsp3) is 0.600. The summed E-state index contributed by atoms with van der Waals surface area (Å²) in [6.45, 7) is 0. The van der Waals surface area contributed by atoms with Crippen molar-refractivity contribution >= 4 is 23.4 Å². The van der Waals surface area contributed by atoms with Gasteiger partial charge < -0.3 is 5.32 Å². The lowest BCUT2D eigenvalue weighted by Crippen LogP contribution is -2.39. The number of nitrogens with one attached hydrogen (secondary N) is 2. The van der Waals surface area contributed by atoms with Crippen LogP contribution in [0.4, 0.5) is 14.7 Å². The number of pyridine rings is 1. The Hall–Kier alpha value is -2.58. The highest BCUT2D eigenvalue weighted by atomic mass is 19.3. The standard InChI is InChI=1S/C20H23F2N5O2/c21-20(22)10-14(20)18(29)23-13-8-6-11(7-9-13)15-2-1-3-16-24-19(26-27(15)16)25-17(28)12-4-5-12/h1-3,11-14H,4-10H2,(H,23,29)(H,25,26,28)/t11?,13?,14-/m1/s1. The van der Waals surface area contributed by atoms with E-state index in [-0.39, 0.29) is 30.2 Å². The van der Waals surface area contributed by atoms with Crippen LogP contribution in [0.3, 0.4) is 0 Å². The monoisotopic (exact) mass is 403 g/mol. The summed E-state index contributed by atoms with van der Waals surface area (Å²) in [7, 11) is 0. The van der Waals surface area contributed by atoms with Crippen LogP contribution in [-0.2, 0) is 9.59 Å². The van der Waals surface area contributed by atoms with Crippen molar-refractivity contribution in [2.45, 2.75) is 62.8 Å². The summed E-state index contributed by atoms with van der Waals surface area (Å²) in [5, 5.41) is 10.0. The van der Waals surface area contributed by atoms with E-state index in [0.29, 0.717) is 11.6 Å². The number of anilines is 1. The first-order chi connectivity index (χ1) is 13.9. The third-order valence-electron chi connectivity index (χ3n) is 6.21. The van der Waals surface area contributed by atoms with Crippen LogP contribution < -0.4 is 10.6 Å². The predicted octanol–water partition coefficient (Wildman–Crippen LogP) is 2.88. The van der Waals surface area contributed by atoms with E-state index < -0.39 is 17.7 Å².